The molecule has 3 heterocycles. The van der Waals surface area contributed by atoms with Gasteiger partial charge in [-0.25, -0.2) is 14.6 Å². The molecule has 5 rings (SSSR count). The third kappa shape index (κ3) is 5.25. The second-order valence-corrected chi connectivity index (χ2v) is 9.18. The fraction of sp³-hybridized carbons (Fsp3) is 0.269. The molecule has 11 heteroatoms. The van der Waals surface area contributed by atoms with E-state index in [1.54, 1.807) is 28.8 Å². The molecule has 10 nitrogen and oxygen atoms in total. The Labute approximate surface area is 217 Å². The van der Waals surface area contributed by atoms with Crippen LogP contribution in [0.25, 0.3) is 11.2 Å². The van der Waals surface area contributed by atoms with Crippen molar-refractivity contribution < 1.29 is 23.8 Å². The maximum atomic E-state index is 12.9. The van der Waals surface area contributed by atoms with Gasteiger partial charge in [-0.15, -0.1) is 0 Å². The minimum absolute atomic E-state index is 0.0318. The maximum absolute atomic E-state index is 12.9. The topological polar surface area (TPSA) is 131 Å². The third-order valence-corrected chi connectivity index (χ3v) is 6.29. The molecule has 0 aliphatic carbocycles. The lowest BCUT2D eigenvalue weighted by molar-refractivity contribution is -0.0563. The van der Waals surface area contributed by atoms with Gasteiger partial charge in [0.2, 0.25) is 5.28 Å². The quantitative estimate of drug-likeness (QED) is 0.295. The molecule has 37 heavy (non-hydrogen) atoms. The zero-order valence-corrected chi connectivity index (χ0v) is 20.9. The second kappa shape index (κ2) is 10.2. The molecule has 0 bridgehead atoms. The monoisotopic (exact) mass is 521 g/mol. The molecule has 3 unspecified atom stereocenters. The van der Waals surface area contributed by atoms with Crippen LogP contribution in [-0.2, 0) is 14.2 Å². The molecule has 2 N–H and O–H groups in total. The summed E-state index contributed by atoms with van der Waals surface area (Å²) in [5, 5.41) is -0.0318. The highest BCUT2D eigenvalue weighted by molar-refractivity contribution is 6.28. The molecule has 1 aliphatic heterocycles. The molecule has 0 saturated carbocycles. The summed E-state index contributed by atoms with van der Waals surface area (Å²) in [5.74, 6) is -0.872. The van der Waals surface area contributed by atoms with Crippen LogP contribution >= 0.6 is 11.6 Å². The van der Waals surface area contributed by atoms with Crippen molar-refractivity contribution in [3.63, 3.8) is 0 Å². The van der Waals surface area contributed by atoms with Gasteiger partial charge in [0.15, 0.2) is 11.5 Å². The van der Waals surface area contributed by atoms with Gasteiger partial charge in [0.1, 0.15) is 30.6 Å². The number of hydrogen-bond acceptors (Lipinski definition) is 9. The minimum atomic E-state index is -0.735. The number of carbonyl (C=O) groups excluding carboxylic acids is 2. The van der Waals surface area contributed by atoms with E-state index in [4.69, 9.17) is 31.5 Å². The molecule has 3 atom stereocenters. The molecule has 1 aliphatic rings. The highest BCUT2D eigenvalue weighted by Crippen LogP contribution is 2.34. The fourth-order valence-corrected chi connectivity index (χ4v) is 4.26. The summed E-state index contributed by atoms with van der Waals surface area (Å²) in [6, 6.07) is 14.1. The normalized spacial score (nSPS) is 19.2. The van der Waals surface area contributed by atoms with Crippen molar-refractivity contribution in [2.45, 2.75) is 38.7 Å². The number of fused-ring (bicyclic) bond motifs is 1. The van der Waals surface area contributed by atoms with Crippen molar-refractivity contribution >= 4 is 40.5 Å². The molecule has 1 saturated heterocycles. The first-order chi connectivity index (χ1) is 17.8. The number of rotatable bonds is 6. The van der Waals surface area contributed by atoms with Gasteiger partial charge in [-0.1, -0.05) is 35.4 Å². The van der Waals surface area contributed by atoms with Crippen LogP contribution in [0.15, 0.2) is 54.9 Å². The second-order valence-electron chi connectivity index (χ2n) is 8.84. The van der Waals surface area contributed by atoms with Crippen molar-refractivity contribution in [2.75, 3.05) is 12.3 Å². The first kappa shape index (κ1) is 24.7. The van der Waals surface area contributed by atoms with E-state index in [0.29, 0.717) is 22.3 Å². The predicted octanol–water partition coefficient (Wildman–Crippen LogP) is 4.05. The van der Waals surface area contributed by atoms with Crippen molar-refractivity contribution in [2.24, 2.45) is 0 Å². The number of esters is 2. The van der Waals surface area contributed by atoms with Gasteiger partial charge >= 0.3 is 11.9 Å². The molecule has 0 radical (unpaired) electrons. The van der Waals surface area contributed by atoms with Crippen molar-refractivity contribution in [1.29, 1.82) is 0 Å². The molecule has 4 aromatic rings. The van der Waals surface area contributed by atoms with Crippen LogP contribution < -0.4 is 5.73 Å². The van der Waals surface area contributed by atoms with Crippen LogP contribution in [0.4, 0.5) is 5.82 Å². The van der Waals surface area contributed by atoms with Gasteiger partial charge in [0, 0.05) is 6.42 Å². The van der Waals surface area contributed by atoms with E-state index in [0.717, 1.165) is 11.1 Å². The standard InChI is InChI=1S/C26H24ClN5O5/c1-14-3-7-16(8-4-14)24(33)35-12-19-18(37-25(34)17-9-5-15(2)6-10-17)11-20(36-19)32-13-29-21-22(28)30-26(27)31-23(21)32/h3-10,13,18-20H,11-12H2,1-2H3,(H2,28,30,31). The van der Waals surface area contributed by atoms with Crippen LogP contribution in [-0.4, -0.2) is 50.3 Å². The smallest absolute Gasteiger partial charge is 0.338 e. The number of nitrogens with zero attached hydrogens (tertiary/aromatic N) is 4. The number of nitrogen functional groups attached to an aromatic ring is 1. The van der Waals surface area contributed by atoms with Crippen LogP contribution in [0.3, 0.4) is 0 Å². The van der Waals surface area contributed by atoms with Crippen LogP contribution in [0, 0.1) is 13.8 Å². The maximum Gasteiger partial charge on any atom is 0.338 e. The Morgan fingerprint density at radius 2 is 1.65 bits per heavy atom. The average molecular weight is 522 g/mol. The van der Waals surface area contributed by atoms with Gasteiger partial charge in [-0.2, -0.15) is 9.97 Å². The molecular formula is C26H24ClN5O5. The van der Waals surface area contributed by atoms with Crippen molar-refractivity contribution in [3.8, 4) is 0 Å². The number of aryl methyl sites for hydroxylation is 2. The average Bonchev–Trinajstić information content (AvgIpc) is 3.47. The first-order valence-electron chi connectivity index (χ1n) is 11.6. The highest BCUT2D eigenvalue weighted by Gasteiger charge is 2.40. The number of halogens is 1. The Kier molecular flexibility index (Phi) is 6.77. The van der Waals surface area contributed by atoms with Crippen molar-refractivity contribution in [1.82, 2.24) is 19.5 Å². The fourth-order valence-electron chi connectivity index (χ4n) is 4.09. The summed E-state index contributed by atoms with van der Waals surface area (Å²) in [6.45, 7) is 3.74. The summed E-state index contributed by atoms with van der Waals surface area (Å²) in [4.78, 5) is 37.9. The summed E-state index contributed by atoms with van der Waals surface area (Å²) in [6.07, 6.45) is -0.306. The zero-order chi connectivity index (χ0) is 26.1. The number of benzene rings is 2. The van der Waals surface area contributed by atoms with Crippen molar-refractivity contribution in [3.05, 3.63) is 82.4 Å². The van der Waals surface area contributed by atoms with Gasteiger partial charge in [0.25, 0.3) is 0 Å². The molecule has 0 amide bonds. The zero-order valence-electron chi connectivity index (χ0n) is 20.1. The number of hydrogen-bond donors (Lipinski definition) is 1. The Morgan fingerprint density at radius 1 is 1.03 bits per heavy atom. The first-order valence-corrected chi connectivity index (χ1v) is 12.0. The Balaban J connectivity index is 1.37. The van der Waals surface area contributed by atoms with E-state index >= 15 is 0 Å². The van der Waals surface area contributed by atoms with E-state index in [1.165, 1.54) is 6.33 Å². The number of imidazole rings is 1. The summed E-state index contributed by atoms with van der Waals surface area (Å²) in [5.41, 5.74) is 9.55. The largest absolute Gasteiger partial charge is 0.459 e. The predicted molar refractivity (Wildman–Crippen MR) is 135 cm³/mol. The van der Waals surface area contributed by atoms with Crippen LogP contribution in [0.5, 0.6) is 0 Å². The lowest BCUT2D eigenvalue weighted by atomic mass is 10.1. The lowest BCUT2D eigenvalue weighted by Crippen LogP contribution is -2.32. The molecular weight excluding hydrogens is 498 g/mol. The molecule has 190 valence electrons. The molecule has 1 fully saturated rings. The number of anilines is 1. The summed E-state index contributed by atoms with van der Waals surface area (Å²) in [7, 11) is 0. The number of carbonyl (C=O) groups is 2. The van der Waals surface area contributed by atoms with E-state index in [9.17, 15) is 9.59 Å². The molecule has 2 aromatic heterocycles. The Bertz CT molecular complexity index is 1460. The van der Waals surface area contributed by atoms with Gasteiger partial charge in [-0.3, -0.25) is 4.57 Å². The van der Waals surface area contributed by atoms with Crippen LogP contribution in [0.2, 0.25) is 5.28 Å². The number of nitrogens with two attached hydrogens (primary N) is 1. The van der Waals surface area contributed by atoms with Gasteiger partial charge < -0.3 is 19.9 Å². The SMILES string of the molecule is Cc1ccc(C(=O)OCC2OC(n3cnc4c(N)nc(Cl)nc43)CC2OC(=O)c2ccc(C)cc2)cc1. The number of aromatic nitrogens is 4. The summed E-state index contributed by atoms with van der Waals surface area (Å²) >= 11 is 6.01. The van der Waals surface area contributed by atoms with E-state index in [2.05, 4.69) is 15.0 Å². The Hall–Kier alpha value is -4.02. The molecule has 2 aromatic carbocycles. The number of ether oxygens (including phenoxy) is 3. The van der Waals surface area contributed by atoms with Gasteiger partial charge in [0.05, 0.1) is 17.5 Å². The van der Waals surface area contributed by atoms with Gasteiger partial charge in [-0.05, 0) is 49.7 Å². The Morgan fingerprint density at radius 3 is 2.30 bits per heavy atom. The van der Waals surface area contributed by atoms with Crippen LogP contribution in [0.1, 0.15) is 44.5 Å². The minimum Gasteiger partial charge on any atom is -0.459 e. The van der Waals surface area contributed by atoms with E-state index in [-0.39, 0.29) is 24.1 Å². The summed E-state index contributed by atoms with van der Waals surface area (Å²) < 4.78 is 19.2. The molecule has 0 spiro atoms. The highest BCUT2D eigenvalue weighted by atomic mass is 35.5. The van der Waals surface area contributed by atoms with E-state index < -0.39 is 30.4 Å². The van der Waals surface area contributed by atoms with E-state index in [1.807, 2.05) is 38.1 Å². The lowest BCUT2D eigenvalue weighted by Gasteiger charge is -2.19. The third-order valence-electron chi connectivity index (χ3n) is 6.12.